The van der Waals surface area contributed by atoms with Crippen LogP contribution in [0.15, 0.2) is 46.9 Å². The molecule has 0 bridgehead atoms. The molecule has 0 saturated heterocycles. The first kappa shape index (κ1) is 16.0. The molecule has 2 aromatic rings. The number of hydrogen-bond donors (Lipinski definition) is 1. The second-order valence-electron chi connectivity index (χ2n) is 4.17. The van der Waals surface area contributed by atoms with Crippen molar-refractivity contribution in [2.75, 3.05) is 5.32 Å². The van der Waals surface area contributed by atoms with Gasteiger partial charge in [0.15, 0.2) is 0 Å². The molecular formula is C14H10BrClF3NO. The highest BCUT2D eigenvalue weighted by molar-refractivity contribution is 9.10. The molecule has 0 radical (unpaired) electrons. The molecule has 0 unspecified atom stereocenters. The van der Waals surface area contributed by atoms with Crippen molar-refractivity contribution in [1.82, 2.24) is 0 Å². The molecule has 0 aromatic heterocycles. The average Bonchev–Trinajstić information content (AvgIpc) is 2.40. The first-order valence-corrected chi connectivity index (χ1v) is 7.04. The van der Waals surface area contributed by atoms with Crippen molar-refractivity contribution in [2.45, 2.75) is 12.1 Å². The maximum Gasteiger partial charge on any atom is 0.487 e. The van der Waals surface area contributed by atoms with Gasteiger partial charge in [-0.05, 0) is 57.9 Å². The van der Waals surface area contributed by atoms with E-state index in [0.717, 1.165) is 5.56 Å². The Hall–Kier alpha value is -1.40. The van der Waals surface area contributed by atoms with E-state index in [1.807, 2.05) is 0 Å². The van der Waals surface area contributed by atoms with Crippen molar-refractivity contribution in [3.05, 3.63) is 58.3 Å². The zero-order valence-corrected chi connectivity index (χ0v) is 12.9. The summed E-state index contributed by atoms with van der Waals surface area (Å²) in [5.74, 6) is -0.368. The highest BCUT2D eigenvalue weighted by Gasteiger charge is 2.27. The van der Waals surface area contributed by atoms with Crippen molar-refractivity contribution in [3.8, 4) is 5.75 Å². The molecule has 2 aromatic carbocycles. The van der Waals surface area contributed by atoms with Crippen molar-refractivity contribution >= 4 is 33.2 Å². The van der Waals surface area contributed by atoms with Gasteiger partial charge in [0.25, 0.3) is 0 Å². The van der Waals surface area contributed by atoms with Crippen LogP contribution in [-0.4, -0.2) is 5.57 Å². The second kappa shape index (κ2) is 6.58. The Morgan fingerprint density at radius 2 is 1.81 bits per heavy atom. The van der Waals surface area contributed by atoms with E-state index < -0.39 is 5.57 Å². The quantitative estimate of drug-likeness (QED) is 0.704. The number of anilines is 1. The first-order valence-electron chi connectivity index (χ1n) is 5.87. The highest BCUT2D eigenvalue weighted by Crippen LogP contribution is 2.26. The Labute approximate surface area is 133 Å². The summed E-state index contributed by atoms with van der Waals surface area (Å²) < 4.78 is 42.6. The summed E-state index contributed by atoms with van der Waals surface area (Å²) in [6.45, 7) is 0.463. The van der Waals surface area contributed by atoms with E-state index >= 15 is 0 Å². The summed E-state index contributed by atoms with van der Waals surface area (Å²) in [5.41, 5.74) is -2.15. The van der Waals surface area contributed by atoms with E-state index in [1.54, 1.807) is 24.3 Å². The third-order valence-corrected chi connectivity index (χ3v) is 3.25. The van der Waals surface area contributed by atoms with Crippen LogP contribution >= 0.6 is 27.5 Å². The van der Waals surface area contributed by atoms with E-state index in [9.17, 15) is 13.2 Å². The Kier molecular flexibility index (Phi) is 5.00. The van der Waals surface area contributed by atoms with E-state index in [0.29, 0.717) is 16.7 Å². The van der Waals surface area contributed by atoms with Gasteiger partial charge in [-0.25, -0.2) is 4.39 Å². The van der Waals surface area contributed by atoms with Gasteiger partial charge < -0.3 is 10.1 Å². The predicted molar refractivity (Wildman–Crippen MR) is 79.3 cm³/mol. The molecule has 21 heavy (non-hydrogen) atoms. The highest BCUT2D eigenvalue weighted by atomic mass is 79.9. The Balaban J connectivity index is 1.96. The molecule has 2 nitrogen and oxygen atoms in total. The molecule has 0 atom stereocenters. The zero-order valence-electron chi connectivity index (χ0n) is 10.5. The van der Waals surface area contributed by atoms with Gasteiger partial charge in [-0.15, -0.1) is 8.78 Å². The lowest BCUT2D eigenvalue weighted by Crippen LogP contribution is -2.15. The maximum absolute atomic E-state index is 13.1. The van der Waals surface area contributed by atoms with Gasteiger partial charge in [0, 0.05) is 23.8 Å². The largest absolute Gasteiger partial charge is 0.487 e. The topological polar surface area (TPSA) is 21.3 Å². The monoisotopic (exact) mass is 379 g/mol. The van der Waals surface area contributed by atoms with Crippen LogP contribution in [0.3, 0.4) is 0 Å². The smallest absolute Gasteiger partial charge is 0.420 e. The summed E-state index contributed by atoms with van der Waals surface area (Å²) in [6, 6.07) is 10.6. The van der Waals surface area contributed by atoms with Crippen molar-refractivity contribution < 1.29 is 17.9 Å². The molecule has 7 heteroatoms. The van der Waals surface area contributed by atoms with Gasteiger partial charge in [-0.2, -0.15) is 0 Å². The van der Waals surface area contributed by atoms with Gasteiger partial charge in [0.2, 0.25) is 0 Å². The van der Waals surface area contributed by atoms with Crippen LogP contribution < -0.4 is 10.1 Å². The lowest BCUT2D eigenvalue weighted by atomic mass is 10.2. The van der Waals surface area contributed by atoms with Gasteiger partial charge >= 0.3 is 5.57 Å². The molecular weight excluding hydrogens is 371 g/mol. The predicted octanol–water partition coefficient (Wildman–Crippen LogP) is 5.37. The molecule has 112 valence electrons. The van der Waals surface area contributed by atoms with Crippen LogP contribution in [0, 0.1) is 5.82 Å². The molecule has 0 saturated carbocycles. The summed E-state index contributed by atoms with van der Waals surface area (Å²) in [7, 11) is 0. The van der Waals surface area contributed by atoms with Gasteiger partial charge in [0.05, 0.1) is 4.47 Å². The van der Waals surface area contributed by atoms with Crippen molar-refractivity contribution in [3.63, 3.8) is 0 Å². The molecule has 0 aliphatic rings. The number of nitrogens with one attached hydrogen (secondary N) is 1. The fraction of sp³-hybridized carbons (Fsp3) is 0.143. The van der Waals surface area contributed by atoms with Gasteiger partial charge in [-0.1, -0.05) is 6.07 Å². The number of benzene rings is 2. The minimum atomic E-state index is -3.73. The normalized spacial score (nSPS) is 11.3. The SMILES string of the molecule is Fc1ccc(CNc2ccc(OC(F)(F)Cl)cc2)cc1Br. The standard InChI is InChI=1S/C14H10BrClF3NO/c15-12-7-9(1-6-13(12)17)8-20-10-2-4-11(5-3-10)21-14(16,18)19/h1-7,20H,8H2. The van der Waals surface area contributed by atoms with Crippen molar-refractivity contribution in [2.24, 2.45) is 0 Å². The fourth-order valence-corrected chi connectivity index (χ4v) is 2.14. The minimum Gasteiger partial charge on any atom is -0.420 e. The Morgan fingerprint density at radius 1 is 1.14 bits per heavy atom. The van der Waals surface area contributed by atoms with Gasteiger partial charge in [-0.3, -0.25) is 0 Å². The summed E-state index contributed by atoms with van der Waals surface area (Å²) in [6.07, 6.45) is 0. The molecule has 0 amide bonds. The zero-order chi connectivity index (χ0) is 15.5. The number of ether oxygens (including phenoxy) is 1. The third kappa shape index (κ3) is 5.13. The van der Waals surface area contributed by atoms with E-state index in [4.69, 9.17) is 0 Å². The number of rotatable bonds is 5. The maximum atomic E-state index is 13.1. The van der Waals surface area contributed by atoms with E-state index in [-0.39, 0.29) is 11.6 Å². The summed E-state index contributed by atoms with van der Waals surface area (Å²) in [4.78, 5) is 0. The van der Waals surface area contributed by atoms with Crippen LogP contribution in [0.25, 0.3) is 0 Å². The fourth-order valence-electron chi connectivity index (χ4n) is 1.63. The van der Waals surface area contributed by atoms with E-state index in [2.05, 4.69) is 37.6 Å². The molecule has 0 spiro atoms. The number of alkyl halides is 3. The lowest BCUT2D eigenvalue weighted by Gasteiger charge is -2.11. The minimum absolute atomic E-state index is 0.0370. The Bertz CT molecular complexity index is 617. The number of halogens is 5. The molecule has 2 rings (SSSR count). The molecule has 1 N–H and O–H groups in total. The molecule has 0 aliphatic heterocycles. The molecule has 0 heterocycles. The first-order chi connectivity index (χ1) is 9.83. The van der Waals surface area contributed by atoms with Crippen LogP contribution in [-0.2, 0) is 6.54 Å². The van der Waals surface area contributed by atoms with Gasteiger partial charge in [0.1, 0.15) is 11.6 Å². The third-order valence-electron chi connectivity index (χ3n) is 2.57. The summed E-state index contributed by atoms with van der Waals surface area (Å²) in [5, 5.41) is 3.08. The molecule has 0 fully saturated rings. The van der Waals surface area contributed by atoms with Crippen molar-refractivity contribution in [1.29, 1.82) is 0 Å². The van der Waals surface area contributed by atoms with Crippen LogP contribution in [0.4, 0.5) is 18.9 Å². The average molecular weight is 381 g/mol. The summed E-state index contributed by atoms with van der Waals surface area (Å²) >= 11 is 7.78. The lowest BCUT2D eigenvalue weighted by molar-refractivity contribution is -0.0964. The number of hydrogen-bond acceptors (Lipinski definition) is 2. The van der Waals surface area contributed by atoms with Crippen LogP contribution in [0.1, 0.15) is 5.56 Å². The Morgan fingerprint density at radius 3 is 2.38 bits per heavy atom. The van der Waals surface area contributed by atoms with E-state index in [1.165, 1.54) is 18.2 Å². The van der Waals surface area contributed by atoms with Crippen LogP contribution in [0.2, 0.25) is 0 Å². The molecule has 0 aliphatic carbocycles. The second-order valence-corrected chi connectivity index (χ2v) is 5.47. The van der Waals surface area contributed by atoms with Crippen LogP contribution in [0.5, 0.6) is 5.75 Å².